The number of nitrogens with zero attached hydrogens (tertiary/aromatic N) is 4. The van der Waals surface area contributed by atoms with Crippen molar-refractivity contribution in [1.29, 1.82) is 0 Å². The van der Waals surface area contributed by atoms with Crippen molar-refractivity contribution < 1.29 is 9.59 Å². The Morgan fingerprint density at radius 3 is 2.55 bits per heavy atom. The van der Waals surface area contributed by atoms with E-state index < -0.39 is 0 Å². The van der Waals surface area contributed by atoms with Crippen LogP contribution in [0.2, 0.25) is 0 Å². The number of thiazole rings is 2. The maximum atomic E-state index is 12.6. The van der Waals surface area contributed by atoms with Crippen LogP contribution in [0.25, 0.3) is 0 Å². The highest BCUT2D eigenvalue weighted by Gasteiger charge is 2.22. The molecule has 10 heteroatoms. The number of aromatic nitrogens is 2. The van der Waals surface area contributed by atoms with Gasteiger partial charge in [-0.1, -0.05) is 6.07 Å². The molecule has 0 spiro atoms. The second-order valence-electron chi connectivity index (χ2n) is 6.77. The molecule has 4 heterocycles. The van der Waals surface area contributed by atoms with Crippen LogP contribution < -0.4 is 5.32 Å². The van der Waals surface area contributed by atoms with Crippen LogP contribution in [0.5, 0.6) is 0 Å². The molecule has 1 saturated heterocycles. The molecule has 2 amide bonds. The summed E-state index contributed by atoms with van der Waals surface area (Å²) >= 11 is 4.40. The Morgan fingerprint density at radius 2 is 1.86 bits per heavy atom. The minimum atomic E-state index is -0.168. The number of rotatable bonds is 6. The van der Waals surface area contributed by atoms with Gasteiger partial charge in [-0.2, -0.15) is 0 Å². The van der Waals surface area contributed by atoms with Crippen molar-refractivity contribution in [2.45, 2.75) is 19.9 Å². The molecule has 152 valence electrons. The highest BCUT2D eigenvalue weighted by molar-refractivity contribution is 7.14. The van der Waals surface area contributed by atoms with Gasteiger partial charge in [0.15, 0.2) is 5.13 Å². The van der Waals surface area contributed by atoms with E-state index in [-0.39, 0.29) is 18.2 Å². The van der Waals surface area contributed by atoms with E-state index in [1.165, 1.54) is 22.7 Å². The van der Waals surface area contributed by atoms with Crippen molar-refractivity contribution in [3.63, 3.8) is 0 Å². The Kier molecular flexibility index (Phi) is 6.34. The molecule has 3 aromatic rings. The first-order chi connectivity index (χ1) is 14.1. The number of amides is 2. The van der Waals surface area contributed by atoms with Crippen molar-refractivity contribution in [3.8, 4) is 0 Å². The molecule has 0 bridgehead atoms. The Bertz CT molecular complexity index is 974. The van der Waals surface area contributed by atoms with E-state index in [4.69, 9.17) is 0 Å². The van der Waals surface area contributed by atoms with Crippen LogP contribution in [-0.2, 0) is 17.8 Å². The fourth-order valence-electron chi connectivity index (χ4n) is 3.14. The molecule has 1 aliphatic rings. The van der Waals surface area contributed by atoms with Crippen LogP contribution in [0, 0.1) is 6.92 Å². The van der Waals surface area contributed by atoms with Crippen LogP contribution in [0.4, 0.5) is 5.13 Å². The minimum Gasteiger partial charge on any atom is -0.340 e. The molecule has 0 atom stereocenters. The number of piperazine rings is 1. The maximum absolute atomic E-state index is 12.6. The number of thiophene rings is 1. The first-order valence-electron chi connectivity index (χ1n) is 9.27. The third-order valence-corrected chi connectivity index (χ3v) is 7.12. The summed E-state index contributed by atoms with van der Waals surface area (Å²) in [5.41, 5.74) is 1.80. The van der Waals surface area contributed by atoms with Crippen LogP contribution in [0.15, 0.2) is 28.3 Å². The number of hydrogen-bond donors (Lipinski definition) is 1. The smallest absolute Gasteiger partial charge is 0.267 e. The normalized spacial score (nSPS) is 14.9. The summed E-state index contributed by atoms with van der Waals surface area (Å²) in [6.07, 6.45) is 0.261. The molecule has 1 aliphatic heterocycles. The second kappa shape index (κ2) is 9.12. The van der Waals surface area contributed by atoms with E-state index in [1.807, 2.05) is 28.7 Å². The van der Waals surface area contributed by atoms with E-state index in [0.717, 1.165) is 30.3 Å². The van der Waals surface area contributed by atoms with Gasteiger partial charge in [-0.25, -0.2) is 9.97 Å². The molecule has 0 aromatic carbocycles. The van der Waals surface area contributed by atoms with E-state index in [1.54, 1.807) is 17.4 Å². The van der Waals surface area contributed by atoms with Gasteiger partial charge in [-0.3, -0.25) is 19.8 Å². The van der Waals surface area contributed by atoms with Gasteiger partial charge in [0.25, 0.3) is 5.91 Å². The lowest BCUT2D eigenvalue weighted by Gasteiger charge is -2.34. The lowest BCUT2D eigenvalue weighted by atomic mass is 10.2. The summed E-state index contributed by atoms with van der Waals surface area (Å²) in [5.74, 6) is -0.0887. The highest BCUT2D eigenvalue weighted by Crippen LogP contribution is 2.19. The number of carbonyl (C=O) groups is 2. The number of anilines is 1. The minimum absolute atomic E-state index is 0.0792. The summed E-state index contributed by atoms with van der Waals surface area (Å²) in [6, 6.07) is 3.61. The molecule has 1 fully saturated rings. The van der Waals surface area contributed by atoms with Crippen molar-refractivity contribution in [3.05, 3.63) is 49.5 Å². The third kappa shape index (κ3) is 5.27. The topological polar surface area (TPSA) is 78.4 Å². The van der Waals surface area contributed by atoms with E-state index in [2.05, 4.69) is 25.6 Å². The van der Waals surface area contributed by atoms with Gasteiger partial charge < -0.3 is 4.90 Å². The molecular formula is C19H21N5O2S3. The molecule has 0 unspecified atom stereocenters. The molecule has 4 rings (SSSR count). The van der Waals surface area contributed by atoms with Crippen molar-refractivity contribution in [1.82, 2.24) is 19.8 Å². The van der Waals surface area contributed by atoms with Crippen LogP contribution >= 0.6 is 34.0 Å². The summed E-state index contributed by atoms with van der Waals surface area (Å²) in [5, 5.41) is 10.2. The fourth-order valence-corrected chi connectivity index (χ4v) is 5.07. The summed E-state index contributed by atoms with van der Waals surface area (Å²) in [7, 11) is 0. The first-order valence-corrected chi connectivity index (χ1v) is 11.9. The predicted octanol–water partition coefficient (Wildman–Crippen LogP) is 3.11. The summed E-state index contributed by atoms with van der Waals surface area (Å²) in [6.45, 7) is 5.99. The lowest BCUT2D eigenvalue weighted by molar-refractivity contribution is -0.132. The average Bonchev–Trinajstić information content (AvgIpc) is 3.45. The molecule has 7 nitrogen and oxygen atoms in total. The van der Waals surface area contributed by atoms with Crippen molar-refractivity contribution >= 4 is 51.0 Å². The zero-order chi connectivity index (χ0) is 20.2. The molecular weight excluding hydrogens is 426 g/mol. The molecule has 0 aliphatic carbocycles. The molecule has 3 aromatic heterocycles. The summed E-state index contributed by atoms with van der Waals surface area (Å²) < 4.78 is 0. The monoisotopic (exact) mass is 447 g/mol. The summed E-state index contributed by atoms with van der Waals surface area (Å²) in [4.78, 5) is 38.5. The quantitative estimate of drug-likeness (QED) is 0.628. The van der Waals surface area contributed by atoms with E-state index >= 15 is 0 Å². The molecule has 0 saturated carbocycles. The van der Waals surface area contributed by atoms with Gasteiger partial charge in [-0.15, -0.1) is 34.0 Å². The van der Waals surface area contributed by atoms with Crippen LogP contribution in [0.1, 0.15) is 26.1 Å². The highest BCUT2D eigenvalue weighted by atomic mass is 32.1. The SMILES string of the molecule is Cc1nc(CN2CCN(C(=O)Cc3csc(NC(=O)c4cccs4)n3)CC2)cs1. The Hall–Kier alpha value is -2.14. The largest absolute Gasteiger partial charge is 0.340 e. The predicted molar refractivity (Wildman–Crippen MR) is 117 cm³/mol. The van der Waals surface area contributed by atoms with Gasteiger partial charge in [0, 0.05) is 43.5 Å². The molecule has 0 radical (unpaired) electrons. The number of carbonyl (C=O) groups excluding carboxylic acids is 2. The van der Waals surface area contributed by atoms with Gasteiger partial charge >= 0.3 is 0 Å². The first kappa shape index (κ1) is 20.1. The molecule has 29 heavy (non-hydrogen) atoms. The van der Waals surface area contributed by atoms with E-state index in [9.17, 15) is 9.59 Å². The standard InChI is InChI=1S/C19H21N5O2S3/c1-13-20-15(12-28-13)10-23-4-6-24(7-5-23)17(25)9-14-11-29-19(21-14)22-18(26)16-3-2-8-27-16/h2-3,8,11-12H,4-7,9-10H2,1H3,(H,21,22,26). The molecule has 1 N–H and O–H groups in total. The zero-order valence-corrected chi connectivity index (χ0v) is 18.4. The van der Waals surface area contributed by atoms with Crippen molar-refractivity contribution in [2.24, 2.45) is 0 Å². The average molecular weight is 448 g/mol. The Morgan fingerprint density at radius 1 is 1.07 bits per heavy atom. The lowest BCUT2D eigenvalue weighted by Crippen LogP contribution is -2.48. The van der Waals surface area contributed by atoms with Gasteiger partial charge in [0.2, 0.25) is 5.91 Å². The van der Waals surface area contributed by atoms with Gasteiger partial charge in [0.05, 0.1) is 27.7 Å². The van der Waals surface area contributed by atoms with Gasteiger partial charge in [-0.05, 0) is 18.4 Å². The second-order valence-corrected chi connectivity index (χ2v) is 9.64. The van der Waals surface area contributed by atoms with Crippen molar-refractivity contribution in [2.75, 3.05) is 31.5 Å². The Balaban J connectivity index is 1.25. The maximum Gasteiger partial charge on any atom is 0.267 e. The Labute approximate surface area is 181 Å². The third-order valence-electron chi connectivity index (χ3n) is 4.63. The number of aryl methyl sites for hydroxylation is 1. The van der Waals surface area contributed by atoms with Crippen LogP contribution in [-0.4, -0.2) is 57.8 Å². The van der Waals surface area contributed by atoms with E-state index in [0.29, 0.717) is 28.8 Å². The fraction of sp³-hybridized carbons (Fsp3) is 0.368. The van der Waals surface area contributed by atoms with Gasteiger partial charge in [0.1, 0.15) is 0 Å². The van der Waals surface area contributed by atoms with Crippen LogP contribution in [0.3, 0.4) is 0 Å². The number of hydrogen-bond acceptors (Lipinski definition) is 8. The number of nitrogens with one attached hydrogen (secondary N) is 1. The zero-order valence-electron chi connectivity index (χ0n) is 16.0.